The summed E-state index contributed by atoms with van der Waals surface area (Å²) in [6, 6.07) is 8.92. The van der Waals surface area contributed by atoms with E-state index in [1.54, 1.807) is 12.1 Å². The Labute approximate surface area is 185 Å². The minimum absolute atomic E-state index is 0.000329. The molecule has 0 bridgehead atoms. The van der Waals surface area contributed by atoms with Crippen molar-refractivity contribution < 1.29 is 13.2 Å². The number of nitrogens with two attached hydrogens (primary N) is 1. The summed E-state index contributed by atoms with van der Waals surface area (Å²) in [4.78, 5) is 4.18. The number of halogens is 3. The van der Waals surface area contributed by atoms with Crippen molar-refractivity contribution in [2.45, 2.75) is 26.4 Å². The molecule has 1 saturated heterocycles. The third-order valence-electron chi connectivity index (χ3n) is 5.39. The third-order valence-corrected chi connectivity index (χ3v) is 5.48. The maximum absolute atomic E-state index is 14.8. The molecular formula is C22H26F3N5S. The third kappa shape index (κ3) is 5.95. The molecule has 0 saturated carbocycles. The number of thiocarbonyl (C=S) groups is 1. The minimum Gasteiger partial charge on any atom is -0.375 e. The van der Waals surface area contributed by atoms with Gasteiger partial charge in [-0.25, -0.2) is 13.2 Å². The van der Waals surface area contributed by atoms with Gasteiger partial charge in [-0.05, 0) is 41.9 Å². The first-order valence-electron chi connectivity index (χ1n) is 10.1. The average molecular weight is 450 g/mol. The van der Waals surface area contributed by atoms with Gasteiger partial charge in [0.05, 0.1) is 11.9 Å². The fourth-order valence-corrected chi connectivity index (χ4v) is 3.83. The van der Waals surface area contributed by atoms with Crippen LogP contribution in [0.4, 0.5) is 18.9 Å². The lowest BCUT2D eigenvalue weighted by Crippen LogP contribution is -2.55. The first kappa shape index (κ1) is 23.0. The van der Waals surface area contributed by atoms with Crippen LogP contribution in [0.3, 0.4) is 0 Å². The van der Waals surface area contributed by atoms with Crippen molar-refractivity contribution in [3.8, 4) is 0 Å². The predicted octanol–water partition coefficient (Wildman–Crippen LogP) is 3.62. The van der Waals surface area contributed by atoms with Gasteiger partial charge in [0, 0.05) is 43.9 Å². The number of hydrogen-bond acceptors (Lipinski definition) is 4. The Bertz CT molecular complexity index is 949. The molecule has 0 aliphatic carbocycles. The Kier molecular flexibility index (Phi) is 7.50. The maximum Gasteiger partial charge on any atom is 0.184 e. The summed E-state index contributed by atoms with van der Waals surface area (Å²) in [7, 11) is 0. The lowest BCUT2D eigenvalue weighted by atomic mass is 9.98. The smallest absolute Gasteiger partial charge is 0.184 e. The number of piperazine rings is 1. The van der Waals surface area contributed by atoms with Crippen LogP contribution in [0.1, 0.15) is 25.0 Å². The molecule has 9 heteroatoms. The molecule has 1 aliphatic rings. The van der Waals surface area contributed by atoms with E-state index in [1.165, 1.54) is 18.2 Å². The summed E-state index contributed by atoms with van der Waals surface area (Å²) < 4.78 is 42.6. The van der Waals surface area contributed by atoms with Crippen LogP contribution in [0.2, 0.25) is 0 Å². The van der Waals surface area contributed by atoms with E-state index < -0.39 is 11.6 Å². The van der Waals surface area contributed by atoms with E-state index in [0.29, 0.717) is 32.1 Å². The first-order valence-corrected chi connectivity index (χ1v) is 10.5. The van der Waals surface area contributed by atoms with E-state index in [2.05, 4.69) is 41.5 Å². The predicted molar refractivity (Wildman–Crippen MR) is 122 cm³/mol. The number of hydrazone groups is 1. The second-order valence-corrected chi connectivity index (χ2v) is 8.35. The Morgan fingerprint density at radius 3 is 2.55 bits per heavy atom. The molecule has 1 fully saturated rings. The van der Waals surface area contributed by atoms with Crippen molar-refractivity contribution in [2.24, 2.45) is 16.8 Å². The zero-order valence-electron chi connectivity index (χ0n) is 17.5. The molecule has 166 valence electrons. The molecule has 1 aliphatic heterocycles. The number of rotatable bonds is 6. The Morgan fingerprint density at radius 2 is 1.90 bits per heavy atom. The highest BCUT2D eigenvalue weighted by molar-refractivity contribution is 7.80. The summed E-state index contributed by atoms with van der Waals surface area (Å²) in [6.07, 6.45) is 1.14. The number of benzene rings is 2. The van der Waals surface area contributed by atoms with E-state index in [9.17, 15) is 13.2 Å². The van der Waals surface area contributed by atoms with Crippen molar-refractivity contribution in [3.05, 3.63) is 65.0 Å². The second-order valence-electron chi connectivity index (χ2n) is 7.91. The van der Waals surface area contributed by atoms with Gasteiger partial charge in [-0.15, -0.1) is 0 Å². The molecule has 2 aromatic carbocycles. The highest BCUT2D eigenvalue weighted by atomic mass is 32.1. The fraction of sp³-hybridized carbons (Fsp3) is 0.364. The van der Waals surface area contributed by atoms with Gasteiger partial charge in [0.2, 0.25) is 0 Å². The van der Waals surface area contributed by atoms with E-state index in [-0.39, 0.29) is 28.2 Å². The number of hydrogen-bond donors (Lipinski definition) is 2. The molecule has 0 amide bonds. The van der Waals surface area contributed by atoms with Gasteiger partial charge in [0.15, 0.2) is 5.11 Å². The van der Waals surface area contributed by atoms with E-state index in [0.717, 1.165) is 17.8 Å². The number of nitrogens with zero attached hydrogens (tertiary/aromatic N) is 3. The van der Waals surface area contributed by atoms with Crippen molar-refractivity contribution in [3.63, 3.8) is 0 Å². The van der Waals surface area contributed by atoms with Gasteiger partial charge in [-0.2, -0.15) is 5.10 Å². The van der Waals surface area contributed by atoms with E-state index >= 15 is 0 Å². The van der Waals surface area contributed by atoms with Gasteiger partial charge in [-0.1, -0.05) is 26.0 Å². The summed E-state index contributed by atoms with van der Waals surface area (Å²) >= 11 is 4.62. The summed E-state index contributed by atoms with van der Waals surface area (Å²) in [5.41, 5.74) is 8.83. The molecule has 31 heavy (non-hydrogen) atoms. The van der Waals surface area contributed by atoms with Gasteiger partial charge < -0.3 is 10.6 Å². The molecule has 5 nitrogen and oxygen atoms in total. The zero-order chi connectivity index (χ0) is 22.5. The monoisotopic (exact) mass is 449 g/mol. The van der Waals surface area contributed by atoms with Crippen molar-refractivity contribution in [1.29, 1.82) is 0 Å². The van der Waals surface area contributed by atoms with Crippen LogP contribution < -0.4 is 16.1 Å². The van der Waals surface area contributed by atoms with Gasteiger partial charge >= 0.3 is 0 Å². The molecule has 2 aromatic rings. The molecule has 0 radical (unpaired) electrons. The number of anilines is 1. The highest BCUT2D eigenvalue weighted by Gasteiger charge is 2.30. The fourth-order valence-electron chi connectivity index (χ4n) is 3.78. The summed E-state index contributed by atoms with van der Waals surface area (Å²) in [5, 5.41) is 3.62. The zero-order valence-corrected chi connectivity index (χ0v) is 18.3. The molecule has 0 unspecified atom stereocenters. The van der Waals surface area contributed by atoms with Gasteiger partial charge in [0.1, 0.15) is 17.5 Å². The largest absolute Gasteiger partial charge is 0.375 e. The van der Waals surface area contributed by atoms with Crippen LogP contribution in [-0.2, 0) is 6.54 Å². The summed E-state index contributed by atoms with van der Waals surface area (Å²) in [5.74, 6) is -1.07. The number of nitrogens with one attached hydrogen (secondary N) is 1. The minimum atomic E-state index is -0.584. The van der Waals surface area contributed by atoms with Crippen molar-refractivity contribution >= 4 is 29.2 Å². The molecular weight excluding hydrogens is 423 g/mol. The average Bonchev–Trinajstić information content (AvgIpc) is 2.72. The lowest BCUT2D eigenvalue weighted by molar-refractivity contribution is 0.130. The summed E-state index contributed by atoms with van der Waals surface area (Å²) in [6.45, 7) is 6.69. The van der Waals surface area contributed by atoms with Crippen LogP contribution in [-0.4, -0.2) is 41.9 Å². The lowest BCUT2D eigenvalue weighted by Gasteiger charge is -2.44. The van der Waals surface area contributed by atoms with Crippen LogP contribution in [0.15, 0.2) is 41.5 Å². The van der Waals surface area contributed by atoms with Crippen LogP contribution in [0, 0.1) is 23.4 Å². The van der Waals surface area contributed by atoms with E-state index in [4.69, 9.17) is 5.73 Å². The molecule has 0 aromatic heterocycles. The van der Waals surface area contributed by atoms with Gasteiger partial charge in [0.25, 0.3) is 0 Å². The standard InChI is InChI=1S/C22H26F3N5S/c1-14(2)21-13-30(8-7-29(21)12-15-3-5-17(23)6-4-15)20-10-18(24)16(9-19(20)25)11-27-28-22(26)31/h3-6,9-11,14,21H,7-8,12-13H2,1-2H3,(H3,26,28,31)/b27-11+/t21-/m1/s1. The van der Waals surface area contributed by atoms with Crippen molar-refractivity contribution in [1.82, 2.24) is 10.3 Å². The SMILES string of the molecule is CC(C)[C@H]1CN(c2cc(F)c(/C=N/NC(N)=S)cc2F)CCN1Cc1ccc(F)cc1. The molecule has 1 heterocycles. The molecule has 1 atom stereocenters. The molecule has 3 N–H and O–H groups in total. The first-order chi connectivity index (χ1) is 14.7. The van der Waals surface area contributed by atoms with Crippen LogP contribution in [0.25, 0.3) is 0 Å². The molecule has 3 rings (SSSR count). The van der Waals surface area contributed by atoms with Crippen LogP contribution in [0.5, 0.6) is 0 Å². The normalized spacial score (nSPS) is 17.5. The Balaban J connectivity index is 1.75. The van der Waals surface area contributed by atoms with Crippen LogP contribution >= 0.6 is 12.2 Å². The second kappa shape index (κ2) is 10.1. The quantitative estimate of drug-likeness (QED) is 0.401. The molecule has 0 spiro atoms. The topological polar surface area (TPSA) is 56.9 Å². The van der Waals surface area contributed by atoms with E-state index in [1.807, 2.05) is 4.90 Å². The highest BCUT2D eigenvalue weighted by Crippen LogP contribution is 2.28. The maximum atomic E-state index is 14.8. The Hall–Kier alpha value is -2.65. The van der Waals surface area contributed by atoms with Crippen molar-refractivity contribution in [2.75, 3.05) is 24.5 Å². The van der Waals surface area contributed by atoms with Gasteiger partial charge in [-0.3, -0.25) is 10.3 Å². The Morgan fingerprint density at radius 1 is 1.19 bits per heavy atom.